The van der Waals surface area contributed by atoms with Gasteiger partial charge in [0.15, 0.2) is 5.16 Å². The van der Waals surface area contributed by atoms with Crippen molar-refractivity contribution in [2.45, 2.75) is 32.0 Å². The highest BCUT2D eigenvalue weighted by Gasteiger charge is 2.16. The van der Waals surface area contributed by atoms with Gasteiger partial charge in [0, 0.05) is 6.54 Å². The fourth-order valence-corrected chi connectivity index (χ4v) is 3.20. The maximum Gasteiger partial charge on any atom is 0.325 e. The number of urea groups is 1. The summed E-state index contributed by atoms with van der Waals surface area (Å²) in [5.41, 5.74) is 0.0447. The summed E-state index contributed by atoms with van der Waals surface area (Å²) in [6.07, 6.45) is 0.803. The zero-order chi connectivity index (χ0) is 21.4. The molecule has 3 amide bonds. The van der Waals surface area contributed by atoms with Crippen molar-refractivity contribution in [3.05, 3.63) is 34.6 Å². The first-order chi connectivity index (χ1) is 13.8. The Hall–Kier alpha value is -2.88. The molecule has 0 bridgehead atoms. The minimum absolute atomic E-state index is 0.149. The molecule has 156 valence electrons. The molecule has 0 radical (unpaired) electrons. The van der Waals surface area contributed by atoms with Gasteiger partial charge in [-0.2, -0.15) is 0 Å². The molecule has 1 aromatic heterocycles. The summed E-state index contributed by atoms with van der Waals surface area (Å²) in [6.45, 7) is 4.21. The number of carbonyl (C=O) groups excluding carboxylic acids is 3. The summed E-state index contributed by atoms with van der Waals surface area (Å²) in [5.74, 6) is -0.861. The molecule has 0 saturated heterocycles. The number of ether oxygens (including phenoxy) is 1. The van der Waals surface area contributed by atoms with Crippen LogP contribution in [0.25, 0.3) is 10.9 Å². The predicted octanol–water partition coefficient (Wildman–Crippen LogP) is 1.53. The average molecular weight is 420 g/mol. The van der Waals surface area contributed by atoms with Gasteiger partial charge in [0.05, 0.1) is 23.8 Å². The number of nitrogens with one attached hydrogen (secondary N) is 2. The van der Waals surface area contributed by atoms with E-state index in [0.29, 0.717) is 23.4 Å². The lowest BCUT2D eigenvalue weighted by molar-refractivity contribution is -0.141. The Morgan fingerprint density at radius 2 is 1.97 bits per heavy atom. The molecule has 29 heavy (non-hydrogen) atoms. The predicted molar refractivity (Wildman–Crippen MR) is 110 cm³/mol. The minimum Gasteiger partial charge on any atom is -0.468 e. The second-order valence-corrected chi connectivity index (χ2v) is 7.60. The van der Waals surface area contributed by atoms with E-state index in [1.54, 1.807) is 24.3 Å². The monoisotopic (exact) mass is 420 g/mol. The van der Waals surface area contributed by atoms with Gasteiger partial charge < -0.3 is 10.1 Å². The van der Waals surface area contributed by atoms with Crippen LogP contribution in [-0.4, -0.2) is 46.9 Å². The molecule has 9 nitrogen and oxygen atoms in total. The van der Waals surface area contributed by atoms with Crippen molar-refractivity contribution in [2.24, 2.45) is 5.92 Å². The highest BCUT2D eigenvalue weighted by Crippen LogP contribution is 2.17. The van der Waals surface area contributed by atoms with Crippen LogP contribution in [0.2, 0.25) is 0 Å². The van der Waals surface area contributed by atoms with Crippen LogP contribution in [0, 0.1) is 5.92 Å². The van der Waals surface area contributed by atoms with Crippen molar-refractivity contribution in [1.82, 2.24) is 20.2 Å². The van der Waals surface area contributed by atoms with Crippen LogP contribution < -0.4 is 16.2 Å². The van der Waals surface area contributed by atoms with Gasteiger partial charge in [-0.1, -0.05) is 37.7 Å². The standard InChI is InChI=1S/C19H24N4O5S/c1-12(2)8-9-20-18(27)22-15(24)11-29-19-21-14-7-5-4-6-13(14)17(26)23(19)10-16(25)28-3/h4-7,12H,8-11H2,1-3H3,(H2,20,22,24,27). The van der Waals surface area contributed by atoms with Crippen LogP contribution in [0.15, 0.2) is 34.2 Å². The van der Waals surface area contributed by atoms with Crippen LogP contribution in [0.3, 0.4) is 0 Å². The highest BCUT2D eigenvalue weighted by atomic mass is 32.2. The molecule has 0 spiro atoms. The van der Waals surface area contributed by atoms with E-state index in [1.807, 2.05) is 13.8 Å². The number of hydrogen-bond donors (Lipinski definition) is 2. The molecule has 0 fully saturated rings. The normalized spacial score (nSPS) is 10.8. The van der Waals surface area contributed by atoms with Crippen LogP contribution in [0.4, 0.5) is 4.79 Å². The first kappa shape index (κ1) is 22.4. The summed E-state index contributed by atoms with van der Waals surface area (Å²) >= 11 is 0.959. The van der Waals surface area contributed by atoms with Crippen LogP contribution in [-0.2, 0) is 20.9 Å². The molecule has 2 N–H and O–H groups in total. The molecule has 0 aliphatic carbocycles. The zero-order valence-electron chi connectivity index (χ0n) is 16.6. The number of para-hydroxylation sites is 1. The minimum atomic E-state index is -0.611. The van der Waals surface area contributed by atoms with Gasteiger partial charge in [-0.05, 0) is 24.5 Å². The topological polar surface area (TPSA) is 119 Å². The molecular formula is C19H24N4O5S. The first-order valence-electron chi connectivity index (χ1n) is 9.08. The van der Waals surface area contributed by atoms with Gasteiger partial charge in [-0.3, -0.25) is 24.3 Å². The first-order valence-corrected chi connectivity index (χ1v) is 10.1. The van der Waals surface area contributed by atoms with E-state index in [0.717, 1.165) is 22.7 Å². The molecule has 0 aliphatic heterocycles. The summed E-state index contributed by atoms with van der Waals surface area (Å²) < 4.78 is 5.80. The van der Waals surface area contributed by atoms with Gasteiger partial charge in [0.2, 0.25) is 5.91 Å². The summed E-state index contributed by atoms with van der Waals surface area (Å²) in [5, 5.41) is 5.39. The van der Waals surface area contributed by atoms with E-state index in [-0.39, 0.29) is 17.5 Å². The Morgan fingerprint density at radius 1 is 1.24 bits per heavy atom. The number of methoxy groups -OCH3 is 1. The molecule has 0 saturated carbocycles. The molecular weight excluding hydrogens is 396 g/mol. The van der Waals surface area contributed by atoms with Gasteiger partial charge in [-0.25, -0.2) is 9.78 Å². The zero-order valence-corrected chi connectivity index (χ0v) is 17.4. The van der Waals surface area contributed by atoms with Gasteiger partial charge in [0.25, 0.3) is 5.56 Å². The SMILES string of the molecule is COC(=O)Cn1c(SCC(=O)NC(=O)NCCC(C)C)nc2ccccc2c1=O. The lowest BCUT2D eigenvalue weighted by Gasteiger charge is -2.12. The molecule has 0 aliphatic rings. The molecule has 1 heterocycles. The van der Waals surface area contributed by atoms with Gasteiger partial charge in [-0.15, -0.1) is 0 Å². The van der Waals surface area contributed by atoms with Gasteiger partial charge in [0.1, 0.15) is 6.54 Å². The number of imide groups is 1. The van der Waals surface area contributed by atoms with E-state index >= 15 is 0 Å². The molecule has 2 rings (SSSR count). The number of thioether (sulfide) groups is 1. The molecule has 0 atom stereocenters. The van der Waals surface area contributed by atoms with Crippen molar-refractivity contribution >= 4 is 40.6 Å². The highest BCUT2D eigenvalue weighted by molar-refractivity contribution is 7.99. The third-order valence-electron chi connectivity index (χ3n) is 3.93. The van der Waals surface area contributed by atoms with Crippen LogP contribution in [0.1, 0.15) is 20.3 Å². The quantitative estimate of drug-likeness (QED) is 0.378. The number of fused-ring (bicyclic) bond motifs is 1. The Balaban J connectivity index is 2.10. The van der Waals surface area contributed by atoms with Crippen molar-refractivity contribution in [3.63, 3.8) is 0 Å². The van der Waals surface area contributed by atoms with E-state index in [9.17, 15) is 19.2 Å². The Kier molecular flexibility index (Phi) is 8.20. The second-order valence-electron chi connectivity index (χ2n) is 6.65. The average Bonchev–Trinajstić information content (AvgIpc) is 2.68. The van der Waals surface area contributed by atoms with Crippen molar-refractivity contribution in [2.75, 3.05) is 19.4 Å². The van der Waals surface area contributed by atoms with Crippen LogP contribution >= 0.6 is 11.8 Å². The Labute approximate surface area is 172 Å². The smallest absolute Gasteiger partial charge is 0.325 e. The number of carbonyl (C=O) groups is 3. The second kappa shape index (κ2) is 10.6. The summed E-state index contributed by atoms with van der Waals surface area (Å²) in [7, 11) is 1.22. The van der Waals surface area contributed by atoms with E-state index < -0.39 is 23.5 Å². The van der Waals surface area contributed by atoms with Crippen molar-refractivity contribution in [1.29, 1.82) is 0 Å². The number of benzene rings is 1. The number of hydrogen-bond acceptors (Lipinski definition) is 7. The largest absolute Gasteiger partial charge is 0.468 e. The molecule has 1 aromatic carbocycles. The number of esters is 1. The van der Waals surface area contributed by atoms with Crippen molar-refractivity contribution < 1.29 is 19.1 Å². The number of amides is 3. The molecule has 10 heteroatoms. The molecule has 0 unspecified atom stereocenters. The maximum absolute atomic E-state index is 12.7. The van der Waals surface area contributed by atoms with Crippen molar-refractivity contribution in [3.8, 4) is 0 Å². The van der Waals surface area contributed by atoms with E-state index in [2.05, 4.69) is 20.4 Å². The third-order valence-corrected chi connectivity index (χ3v) is 4.91. The third kappa shape index (κ3) is 6.60. The lowest BCUT2D eigenvalue weighted by atomic mass is 10.1. The lowest BCUT2D eigenvalue weighted by Crippen LogP contribution is -2.41. The molecule has 2 aromatic rings. The van der Waals surface area contributed by atoms with Crippen LogP contribution in [0.5, 0.6) is 0 Å². The maximum atomic E-state index is 12.7. The number of rotatable bonds is 8. The Bertz CT molecular complexity index is 957. The van der Waals surface area contributed by atoms with E-state index in [1.165, 1.54) is 7.11 Å². The fraction of sp³-hybridized carbons (Fsp3) is 0.421. The van der Waals surface area contributed by atoms with E-state index in [4.69, 9.17) is 0 Å². The number of aromatic nitrogens is 2. The Morgan fingerprint density at radius 3 is 2.66 bits per heavy atom. The number of nitrogens with zero attached hydrogens (tertiary/aromatic N) is 2. The summed E-state index contributed by atoms with van der Waals surface area (Å²) in [4.78, 5) is 52.6. The fourth-order valence-electron chi connectivity index (χ4n) is 2.40. The van der Waals surface area contributed by atoms with Gasteiger partial charge >= 0.3 is 12.0 Å². The summed E-state index contributed by atoms with van der Waals surface area (Å²) in [6, 6.07) is 6.15.